The molecule has 14 nitrogen and oxygen atoms in total. The van der Waals surface area contributed by atoms with Gasteiger partial charge in [0.25, 0.3) is 5.91 Å². The van der Waals surface area contributed by atoms with Crippen LogP contribution in [0.5, 0.6) is 0 Å². The smallest absolute Gasteiger partial charge is 0.414 e. The summed E-state index contributed by atoms with van der Waals surface area (Å²) in [6, 6.07) is 3.79. The van der Waals surface area contributed by atoms with E-state index in [1.54, 1.807) is 36.7 Å². The van der Waals surface area contributed by atoms with Gasteiger partial charge in [-0.25, -0.2) is 28.3 Å². The van der Waals surface area contributed by atoms with E-state index in [4.69, 9.17) is 9.47 Å². The summed E-state index contributed by atoms with van der Waals surface area (Å²) in [7, 11) is 0. The van der Waals surface area contributed by atoms with Gasteiger partial charge >= 0.3 is 12.2 Å². The average Bonchev–Trinajstić information content (AvgIpc) is 3.57. The number of carbonyl (C=O) groups is 4. The van der Waals surface area contributed by atoms with Gasteiger partial charge in [0, 0.05) is 56.9 Å². The fourth-order valence-electron chi connectivity index (χ4n) is 4.78. The second-order valence-corrected chi connectivity index (χ2v) is 10.2. The third kappa shape index (κ3) is 6.73. The molecule has 1 aromatic carbocycles. The molecule has 0 spiro atoms. The predicted molar refractivity (Wildman–Crippen MR) is 148 cm³/mol. The fourth-order valence-corrected chi connectivity index (χ4v) is 4.78. The van der Waals surface area contributed by atoms with Gasteiger partial charge in [-0.3, -0.25) is 18.9 Å². The topological polar surface area (TPSA) is 151 Å². The van der Waals surface area contributed by atoms with Crippen molar-refractivity contribution < 1.29 is 37.4 Å². The van der Waals surface area contributed by atoms with Crippen LogP contribution in [0.3, 0.4) is 0 Å². The maximum Gasteiger partial charge on any atom is 0.414 e. The lowest BCUT2D eigenvalue weighted by Gasteiger charge is -2.36. The zero-order valence-corrected chi connectivity index (χ0v) is 23.5. The molecule has 3 aromatic rings. The van der Waals surface area contributed by atoms with E-state index in [9.17, 15) is 19.2 Å². The summed E-state index contributed by atoms with van der Waals surface area (Å²) in [5.41, 5.74) is -0.180. The van der Waals surface area contributed by atoms with Crippen molar-refractivity contribution in [3.8, 4) is 0 Å². The number of anilines is 2. The number of nitrogens with zero attached hydrogens (tertiary/aromatic N) is 6. The number of ether oxygens (including phenoxy) is 2. The molecule has 2 aliphatic heterocycles. The Morgan fingerprint density at radius 3 is 2.51 bits per heavy atom. The second-order valence-electron chi connectivity index (χ2n) is 10.2. The molecule has 2 saturated heterocycles. The van der Waals surface area contributed by atoms with E-state index in [0.29, 0.717) is 5.78 Å². The van der Waals surface area contributed by atoms with Crippen molar-refractivity contribution in [2.24, 2.45) is 0 Å². The van der Waals surface area contributed by atoms with Crippen LogP contribution in [0.25, 0.3) is 5.78 Å². The van der Waals surface area contributed by atoms with E-state index in [1.807, 2.05) is 0 Å². The van der Waals surface area contributed by atoms with Crippen molar-refractivity contribution >= 4 is 41.2 Å². The second kappa shape index (κ2) is 12.5. The Labute approximate surface area is 244 Å². The zero-order chi connectivity index (χ0) is 30.7. The van der Waals surface area contributed by atoms with Gasteiger partial charge in [0.15, 0.2) is 11.6 Å². The first-order chi connectivity index (χ1) is 20.6. The Hall–Kier alpha value is -5.02. The molecule has 2 aliphatic rings. The first-order valence-corrected chi connectivity index (χ1v) is 13.6. The molecule has 0 radical (unpaired) electrons. The number of fused-ring (bicyclic) bond motifs is 1. The molecule has 0 bridgehead atoms. The van der Waals surface area contributed by atoms with Crippen LogP contribution in [0.1, 0.15) is 24.3 Å². The fraction of sp³-hybridized carbons (Fsp3) is 0.407. The number of rotatable bonds is 8. The molecule has 0 saturated carbocycles. The van der Waals surface area contributed by atoms with Crippen LogP contribution >= 0.6 is 0 Å². The molecule has 0 aliphatic carbocycles. The number of piperazine rings is 1. The number of aromatic nitrogens is 3. The standard InChI is InChI=1S/C27H30F2N8O6/c1-16(2)42-26(40)32-12-18-14-37(27(41)43-18)17-10-19(28)23(20(29)11-17)35-8-6-34(7-9-35)22(38)13-31-24(39)21-15-36-5-3-4-30-25(36)33-21/h3-5,10-11,15-16,18H,6-9,12-14H2,1-2H3,(H,31,39)(H,32,40). The van der Waals surface area contributed by atoms with E-state index >= 15 is 8.78 Å². The first-order valence-electron chi connectivity index (χ1n) is 13.6. The van der Waals surface area contributed by atoms with Crippen LogP contribution < -0.4 is 20.4 Å². The maximum absolute atomic E-state index is 15.2. The van der Waals surface area contributed by atoms with Crippen LogP contribution in [0.15, 0.2) is 36.8 Å². The largest absolute Gasteiger partial charge is 0.447 e. The number of carbonyl (C=O) groups excluding carboxylic acids is 4. The molecule has 16 heteroatoms. The van der Waals surface area contributed by atoms with E-state index in [2.05, 4.69) is 20.6 Å². The summed E-state index contributed by atoms with van der Waals surface area (Å²) in [6.07, 6.45) is 2.23. The Morgan fingerprint density at radius 2 is 1.84 bits per heavy atom. The number of imidazole rings is 1. The molecular weight excluding hydrogens is 570 g/mol. The van der Waals surface area contributed by atoms with Gasteiger partial charge in [0.05, 0.1) is 31.4 Å². The lowest BCUT2D eigenvalue weighted by atomic mass is 10.2. The molecule has 4 amide bonds. The highest BCUT2D eigenvalue weighted by atomic mass is 19.1. The minimum atomic E-state index is -0.876. The molecule has 5 rings (SSSR count). The van der Waals surface area contributed by atoms with E-state index < -0.39 is 35.8 Å². The first kappa shape index (κ1) is 29.5. The summed E-state index contributed by atoms with van der Waals surface area (Å²) < 4.78 is 42.1. The molecule has 2 aromatic heterocycles. The Balaban J connectivity index is 1.13. The van der Waals surface area contributed by atoms with Gasteiger partial charge in [-0.15, -0.1) is 0 Å². The Bertz CT molecular complexity index is 1480. The van der Waals surface area contributed by atoms with E-state index in [1.165, 1.54) is 16.0 Å². The summed E-state index contributed by atoms with van der Waals surface area (Å²) >= 11 is 0. The van der Waals surface area contributed by atoms with Gasteiger partial charge in [-0.05, 0) is 19.9 Å². The molecule has 1 atom stereocenters. The van der Waals surface area contributed by atoms with Crippen molar-refractivity contribution in [1.29, 1.82) is 0 Å². The lowest BCUT2D eigenvalue weighted by Crippen LogP contribution is -2.51. The van der Waals surface area contributed by atoms with Crippen LogP contribution in [0.4, 0.5) is 29.7 Å². The number of hydrogen-bond acceptors (Lipinski definition) is 9. The van der Waals surface area contributed by atoms with E-state index in [-0.39, 0.29) is 74.9 Å². The van der Waals surface area contributed by atoms with E-state index in [0.717, 1.165) is 17.0 Å². The number of halogens is 2. The van der Waals surface area contributed by atoms with Crippen molar-refractivity contribution in [2.45, 2.75) is 26.1 Å². The zero-order valence-electron chi connectivity index (χ0n) is 23.5. The van der Waals surface area contributed by atoms with Crippen LogP contribution in [0.2, 0.25) is 0 Å². The number of nitrogens with one attached hydrogen (secondary N) is 2. The number of alkyl carbamates (subject to hydrolysis) is 1. The van der Waals surface area contributed by atoms with Crippen LogP contribution in [0, 0.1) is 11.6 Å². The summed E-state index contributed by atoms with van der Waals surface area (Å²) in [5, 5.41) is 5.03. The number of amides is 4. The van der Waals surface area contributed by atoms with Crippen molar-refractivity contribution in [3.63, 3.8) is 0 Å². The predicted octanol–water partition coefficient (Wildman–Crippen LogP) is 1.55. The molecule has 2 N–H and O–H groups in total. The third-order valence-corrected chi connectivity index (χ3v) is 6.82. The quantitative estimate of drug-likeness (QED) is 0.393. The lowest BCUT2D eigenvalue weighted by molar-refractivity contribution is -0.130. The molecule has 4 heterocycles. The average molecular weight is 601 g/mol. The molecule has 1 unspecified atom stereocenters. The SMILES string of the molecule is CC(C)OC(=O)NCC1CN(c2cc(F)c(N3CCN(C(=O)CNC(=O)c4cn5cccnc5n4)CC3)c(F)c2)C(=O)O1. The number of benzene rings is 1. The van der Waals surface area contributed by atoms with Gasteiger partial charge in [-0.1, -0.05) is 0 Å². The summed E-state index contributed by atoms with van der Waals surface area (Å²) in [6.45, 7) is 3.73. The Kier molecular flexibility index (Phi) is 8.54. The third-order valence-electron chi connectivity index (χ3n) is 6.82. The molecule has 2 fully saturated rings. The highest BCUT2D eigenvalue weighted by Gasteiger charge is 2.34. The minimum Gasteiger partial charge on any atom is -0.447 e. The normalized spacial score (nSPS) is 16.9. The molecule has 43 heavy (non-hydrogen) atoms. The van der Waals surface area contributed by atoms with Crippen molar-refractivity contribution in [1.82, 2.24) is 29.9 Å². The minimum absolute atomic E-state index is 0.0234. The summed E-state index contributed by atoms with van der Waals surface area (Å²) in [4.78, 5) is 61.4. The van der Waals surface area contributed by atoms with Crippen LogP contribution in [-0.4, -0.2) is 101 Å². The molecule has 228 valence electrons. The van der Waals surface area contributed by atoms with Crippen LogP contribution in [-0.2, 0) is 14.3 Å². The van der Waals surface area contributed by atoms with Gasteiger partial charge in [0.1, 0.15) is 17.5 Å². The Morgan fingerprint density at radius 1 is 1.12 bits per heavy atom. The maximum atomic E-state index is 15.2. The van der Waals surface area contributed by atoms with Crippen molar-refractivity contribution in [3.05, 3.63) is 54.1 Å². The number of cyclic esters (lactones) is 1. The van der Waals surface area contributed by atoms with Gasteiger partial charge < -0.3 is 29.9 Å². The van der Waals surface area contributed by atoms with Gasteiger partial charge in [0.2, 0.25) is 11.7 Å². The summed E-state index contributed by atoms with van der Waals surface area (Å²) in [5.74, 6) is -2.28. The highest BCUT2D eigenvalue weighted by molar-refractivity contribution is 5.95. The van der Waals surface area contributed by atoms with Crippen molar-refractivity contribution in [2.75, 3.05) is 55.6 Å². The van der Waals surface area contributed by atoms with Gasteiger partial charge in [-0.2, -0.15) is 0 Å². The monoisotopic (exact) mass is 600 g/mol. The molecular formula is C27H30F2N8O6. The highest BCUT2D eigenvalue weighted by Crippen LogP contribution is 2.31. The number of hydrogen-bond donors (Lipinski definition) is 2.